The van der Waals surface area contributed by atoms with Gasteiger partial charge in [-0.25, -0.2) is 0 Å². The van der Waals surface area contributed by atoms with Crippen molar-refractivity contribution in [2.45, 2.75) is 44.9 Å². The molecule has 1 aromatic carbocycles. The Morgan fingerprint density at radius 3 is 2.47 bits per heavy atom. The number of amides is 1. The lowest BCUT2D eigenvalue weighted by atomic mass is 9.98. The smallest absolute Gasteiger partial charge is 0.258 e. The number of carbonyl (C=O) groups excluding carboxylic acids is 1. The molecular weight excluding hydrogens is 452 g/mol. The van der Waals surface area contributed by atoms with Crippen molar-refractivity contribution in [1.82, 2.24) is 19.4 Å². The van der Waals surface area contributed by atoms with Gasteiger partial charge in [0.2, 0.25) is 0 Å². The van der Waals surface area contributed by atoms with Crippen molar-refractivity contribution in [3.05, 3.63) is 88.1 Å². The Kier molecular flexibility index (Phi) is 7.58. The standard InChI is InChI=1S/C29H34N4O3/c1-36-27(23-8-4-2-5-9-23)29(35)32-17-12-26-24(21-32)20-25(22-10-13-30-14-11-22)28(34)33(26)19-18-31-15-6-3-7-16-31/h2,4-5,8-11,13-14,20,27H,3,6-7,12,15-19,21H2,1H3/t27-/m1/s1. The lowest BCUT2D eigenvalue weighted by Crippen LogP contribution is -2.43. The first kappa shape index (κ1) is 24.4. The summed E-state index contributed by atoms with van der Waals surface area (Å²) in [6.07, 6.45) is 7.18. The molecule has 2 aliphatic rings. The molecule has 1 fully saturated rings. The van der Waals surface area contributed by atoms with E-state index < -0.39 is 6.10 Å². The molecule has 0 bridgehead atoms. The number of methoxy groups -OCH3 is 1. The topological polar surface area (TPSA) is 67.7 Å². The van der Waals surface area contributed by atoms with Crippen LogP contribution in [0, 0.1) is 0 Å². The fourth-order valence-electron chi connectivity index (χ4n) is 5.48. The minimum Gasteiger partial charge on any atom is -0.367 e. The van der Waals surface area contributed by atoms with Gasteiger partial charge in [-0.3, -0.25) is 14.6 Å². The van der Waals surface area contributed by atoms with E-state index in [0.717, 1.165) is 42.0 Å². The largest absolute Gasteiger partial charge is 0.367 e. The Morgan fingerprint density at radius 2 is 1.75 bits per heavy atom. The average Bonchev–Trinajstić information content (AvgIpc) is 2.94. The number of hydrogen-bond donors (Lipinski definition) is 0. The molecular formula is C29H34N4O3. The summed E-state index contributed by atoms with van der Waals surface area (Å²) < 4.78 is 7.59. The monoisotopic (exact) mass is 486 g/mol. The van der Waals surface area contributed by atoms with E-state index in [4.69, 9.17) is 4.74 Å². The van der Waals surface area contributed by atoms with E-state index in [1.165, 1.54) is 19.3 Å². The highest BCUT2D eigenvalue weighted by Crippen LogP contribution is 2.27. The zero-order chi connectivity index (χ0) is 24.9. The number of aromatic nitrogens is 2. The minimum absolute atomic E-state index is 0.0378. The van der Waals surface area contributed by atoms with Gasteiger partial charge in [0.05, 0.1) is 0 Å². The first-order valence-corrected chi connectivity index (χ1v) is 12.9. The Bertz CT molecular complexity index is 1240. The van der Waals surface area contributed by atoms with E-state index in [-0.39, 0.29) is 11.5 Å². The molecule has 7 nitrogen and oxygen atoms in total. The maximum atomic E-state index is 13.7. The highest BCUT2D eigenvalue weighted by molar-refractivity contribution is 5.82. The second-order valence-electron chi connectivity index (χ2n) is 9.66. The van der Waals surface area contributed by atoms with Crippen molar-refractivity contribution in [1.29, 1.82) is 0 Å². The van der Waals surface area contributed by atoms with Crippen LogP contribution in [0.5, 0.6) is 0 Å². The van der Waals surface area contributed by atoms with Gasteiger partial charge in [-0.1, -0.05) is 36.8 Å². The van der Waals surface area contributed by atoms with Crippen LogP contribution >= 0.6 is 0 Å². The fraction of sp³-hybridized carbons (Fsp3) is 0.414. The van der Waals surface area contributed by atoms with E-state index in [1.807, 2.05) is 58.0 Å². The van der Waals surface area contributed by atoms with Crippen LogP contribution in [0.3, 0.4) is 0 Å². The summed E-state index contributed by atoms with van der Waals surface area (Å²) in [5.41, 5.74) is 4.48. The Balaban J connectivity index is 1.46. The van der Waals surface area contributed by atoms with Gasteiger partial charge in [0.25, 0.3) is 11.5 Å². The molecule has 0 saturated carbocycles. The molecule has 0 radical (unpaired) electrons. The summed E-state index contributed by atoms with van der Waals surface area (Å²) >= 11 is 0. The maximum absolute atomic E-state index is 13.7. The molecule has 36 heavy (non-hydrogen) atoms. The van der Waals surface area contributed by atoms with Crippen LogP contribution in [0.15, 0.2) is 65.7 Å². The molecule has 3 aromatic rings. The highest BCUT2D eigenvalue weighted by atomic mass is 16.5. The molecule has 2 aromatic heterocycles. The quantitative estimate of drug-likeness (QED) is 0.510. The molecule has 1 saturated heterocycles. The Hall–Kier alpha value is -3.29. The third-order valence-electron chi connectivity index (χ3n) is 7.42. The number of rotatable bonds is 7. The fourth-order valence-corrected chi connectivity index (χ4v) is 5.48. The third-order valence-corrected chi connectivity index (χ3v) is 7.42. The maximum Gasteiger partial charge on any atom is 0.258 e. The van der Waals surface area contributed by atoms with Crippen LogP contribution in [0.4, 0.5) is 0 Å². The minimum atomic E-state index is -0.641. The number of likely N-dealkylation sites (tertiary alicyclic amines) is 1. The molecule has 7 heteroatoms. The van der Waals surface area contributed by atoms with Crippen LogP contribution in [0.25, 0.3) is 11.1 Å². The van der Waals surface area contributed by atoms with Crippen LogP contribution in [-0.2, 0) is 29.0 Å². The van der Waals surface area contributed by atoms with Gasteiger partial charge in [-0.05, 0) is 60.8 Å². The van der Waals surface area contributed by atoms with Crippen molar-refractivity contribution in [3.63, 3.8) is 0 Å². The van der Waals surface area contributed by atoms with Gasteiger partial charge >= 0.3 is 0 Å². The number of benzene rings is 1. The number of pyridine rings is 2. The van der Waals surface area contributed by atoms with Gasteiger partial charge in [-0.15, -0.1) is 0 Å². The molecule has 4 heterocycles. The average molecular weight is 487 g/mol. The van der Waals surface area contributed by atoms with Crippen molar-refractivity contribution in [2.75, 3.05) is 33.3 Å². The van der Waals surface area contributed by atoms with E-state index in [0.29, 0.717) is 31.6 Å². The van der Waals surface area contributed by atoms with Gasteiger partial charge in [0, 0.05) is 63.4 Å². The van der Waals surface area contributed by atoms with Crippen LogP contribution in [0.2, 0.25) is 0 Å². The van der Waals surface area contributed by atoms with E-state index in [9.17, 15) is 9.59 Å². The molecule has 1 amide bonds. The van der Waals surface area contributed by atoms with E-state index in [2.05, 4.69) is 9.88 Å². The lowest BCUT2D eigenvalue weighted by Gasteiger charge is -2.34. The van der Waals surface area contributed by atoms with E-state index in [1.54, 1.807) is 19.5 Å². The third kappa shape index (κ3) is 5.13. The summed E-state index contributed by atoms with van der Waals surface area (Å²) in [5, 5.41) is 0. The van der Waals surface area contributed by atoms with Gasteiger partial charge in [0.1, 0.15) is 0 Å². The van der Waals surface area contributed by atoms with Crippen molar-refractivity contribution >= 4 is 5.91 Å². The number of piperidine rings is 1. The zero-order valence-electron chi connectivity index (χ0n) is 20.9. The number of hydrogen-bond acceptors (Lipinski definition) is 5. The van der Waals surface area contributed by atoms with Crippen LogP contribution in [-0.4, -0.2) is 58.5 Å². The second-order valence-corrected chi connectivity index (χ2v) is 9.66. The highest BCUT2D eigenvalue weighted by Gasteiger charge is 2.30. The summed E-state index contributed by atoms with van der Waals surface area (Å²) in [6.45, 7) is 4.76. The second kappa shape index (κ2) is 11.2. The molecule has 5 rings (SSSR count). The predicted molar refractivity (Wildman–Crippen MR) is 140 cm³/mol. The number of nitrogens with zero attached hydrogens (tertiary/aromatic N) is 4. The van der Waals surface area contributed by atoms with Crippen molar-refractivity contribution in [2.24, 2.45) is 0 Å². The van der Waals surface area contributed by atoms with Crippen molar-refractivity contribution in [3.8, 4) is 11.1 Å². The van der Waals surface area contributed by atoms with Crippen LogP contribution in [0.1, 0.15) is 42.2 Å². The van der Waals surface area contributed by atoms with Crippen LogP contribution < -0.4 is 5.56 Å². The summed E-state index contributed by atoms with van der Waals surface area (Å²) in [6, 6.07) is 15.3. The lowest BCUT2D eigenvalue weighted by molar-refractivity contribution is -0.143. The van der Waals surface area contributed by atoms with Crippen molar-refractivity contribution < 1.29 is 9.53 Å². The number of carbonyl (C=O) groups is 1. The normalized spacial score (nSPS) is 17.0. The number of ether oxygens (including phenoxy) is 1. The van der Waals surface area contributed by atoms with Gasteiger partial charge in [-0.2, -0.15) is 0 Å². The first-order chi connectivity index (χ1) is 17.7. The molecule has 0 spiro atoms. The molecule has 0 N–H and O–H groups in total. The summed E-state index contributed by atoms with van der Waals surface area (Å²) in [5.74, 6) is -0.0501. The molecule has 0 aliphatic carbocycles. The molecule has 2 aliphatic heterocycles. The summed E-state index contributed by atoms with van der Waals surface area (Å²) in [7, 11) is 1.58. The SMILES string of the molecule is CO[C@@H](C(=O)N1CCc2c(cc(-c3ccncc3)c(=O)n2CCN2CCCCC2)C1)c1ccccc1. The molecule has 188 valence electrons. The zero-order valence-corrected chi connectivity index (χ0v) is 20.9. The Morgan fingerprint density at radius 1 is 1.00 bits per heavy atom. The number of fused-ring (bicyclic) bond motifs is 1. The summed E-state index contributed by atoms with van der Waals surface area (Å²) in [4.78, 5) is 35.6. The predicted octanol–water partition coefficient (Wildman–Crippen LogP) is 3.67. The van der Waals surface area contributed by atoms with Gasteiger partial charge < -0.3 is 19.1 Å². The van der Waals surface area contributed by atoms with Gasteiger partial charge in [0.15, 0.2) is 6.10 Å². The van der Waals surface area contributed by atoms with E-state index >= 15 is 0 Å². The first-order valence-electron chi connectivity index (χ1n) is 12.9. The molecule has 0 unspecified atom stereocenters. The Labute approximate surface area is 212 Å². The molecule has 1 atom stereocenters.